The highest BCUT2D eigenvalue weighted by atomic mass is 35.5. The number of halogens is 1. The summed E-state index contributed by atoms with van der Waals surface area (Å²) in [5, 5.41) is 0. The van der Waals surface area contributed by atoms with Gasteiger partial charge in [0, 0.05) is 31.5 Å². The molecule has 0 bridgehead atoms. The summed E-state index contributed by atoms with van der Waals surface area (Å²) in [7, 11) is 0. The van der Waals surface area contributed by atoms with Crippen molar-refractivity contribution >= 4 is 18.3 Å². The zero-order valence-corrected chi connectivity index (χ0v) is 14.0. The highest BCUT2D eigenvalue weighted by molar-refractivity contribution is 5.89. The minimum atomic E-state index is -0.743. The molecule has 1 heterocycles. The summed E-state index contributed by atoms with van der Waals surface area (Å²) in [6.45, 7) is 10.7. The Hall–Kier alpha value is -0.320. The zero-order chi connectivity index (χ0) is 14.3. The molecular formula is C15H29ClN2O2. The molecule has 1 aliphatic heterocycles. The van der Waals surface area contributed by atoms with Crippen LogP contribution in [0.15, 0.2) is 0 Å². The first-order valence-corrected chi connectivity index (χ1v) is 7.52. The average molecular weight is 305 g/mol. The number of piperidine rings is 1. The maximum Gasteiger partial charge on any atom is 0.243 e. The van der Waals surface area contributed by atoms with Crippen LogP contribution in [0.1, 0.15) is 47.0 Å². The largest absolute Gasteiger partial charge is 0.378 e. The van der Waals surface area contributed by atoms with E-state index < -0.39 is 5.54 Å². The number of hydrogen-bond donors (Lipinski definition) is 1. The molecule has 0 aromatic carbocycles. The molecule has 1 amide bonds. The Kier molecular flexibility index (Phi) is 5.50. The maximum absolute atomic E-state index is 12.7. The lowest BCUT2D eigenvalue weighted by Crippen LogP contribution is -2.76. The van der Waals surface area contributed by atoms with E-state index in [1.54, 1.807) is 0 Å². The predicted molar refractivity (Wildman–Crippen MR) is 83.0 cm³/mol. The Labute approximate surface area is 128 Å². The average Bonchev–Trinajstić information content (AvgIpc) is 2.38. The van der Waals surface area contributed by atoms with Gasteiger partial charge in [0.2, 0.25) is 5.91 Å². The Balaban J connectivity index is 0.00000200. The van der Waals surface area contributed by atoms with Gasteiger partial charge >= 0.3 is 0 Å². The molecule has 20 heavy (non-hydrogen) atoms. The Bertz CT molecular complexity index is 354. The van der Waals surface area contributed by atoms with Gasteiger partial charge in [0.25, 0.3) is 0 Å². The first kappa shape index (κ1) is 17.7. The van der Waals surface area contributed by atoms with Crippen LogP contribution in [0.3, 0.4) is 0 Å². The fraction of sp³-hybridized carbons (Fsp3) is 0.933. The summed E-state index contributed by atoms with van der Waals surface area (Å²) < 4.78 is 5.69. The summed E-state index contributed by atoms with van der Waals surface area (Å²) in [6, 6.07) is 0. The van der Waals surface area contributed by atoms with Crippen LogP contribution in [0.25, 0.3) is 0 Å². The van der Waals surface area contributed by atoms with Crippen molar-refractivity contribution in [1.29, 1.82) is 0 Å². The van der Waals surface area contributed by atoms with Crippen molar-refractivity contribution in [3.63, 3.8) is 0 Å². The molecule has 2 aliphatic rings. The highest BCUT2D eigenvalue weighted by Gasteiger charge is 2.63. The van der Waals surface area contributed by atoms with Gasteiger partial charge in [-0.25, -0.2) is 0 Å². The van der Waals surface area contributed by atoms with Gasteiger partial charge in [-0.3, -0.25) is 4.79 Å². The predicted octanol–water partition coefficient (Wildman–Crippen LogP) is 2.20. The molecule has 2 atom stereocenters. The maximum atomic E-state index is 12.7. The van der Waals surface area contributed by atoms with Crippen molar-refractivity contribution in [2.24, 2.45) is 17.1 Å². The summed E-state index contributed by atoms with van der Waals surface area (Å²) in [6.07, 6.45) is 2.95. The van der Waals surface area contributed by atoms with Crippen LogP contribution < -0.4 is 5.73 Å². The molecule has 0 aromatic heterocycles. The molecule has 4 nitrogen and oxygen atoms in total. The van der Waals surface area contributed by atoms with E-state index in [1.165, 1.54) is 0 Å². The topological polar surface area (TPSA) is 55.6 Å². The normalized spacial score (nSPS) is 33.2. The number of ether oxygens (including phenoxy) is 1. The standard InChI is InChI=1S/C15H28N2O2.ClH/c1-5-19-12-10-15(16,14(12,3)4)13(18)17-8-6-11(2)7-9-17;/h11-12H,5-10,16H2,1-4H3;1H. The number of nitrogens with two attached hydrogens (primary N) is 1. The second-order valence-corrected chi connectivity index (χ2v) is 6.82. The van der Waals surface area contributed by atoms with Gasteiger partial charge < -0.3 is 15.4 Å². The molecule has 0 spiro atoms. The molecule has 0 aromatic rings. The van der Waals surface area contributed by atoms with Crippen LogP contribution in [-0.2, 0) is 9.53 Å². The number of amides is 1. The Morgan fingerprint density at radius 2 is 1.90 bits per heavy atom. The number of nitrogens with zero attached hydrogens (tertiary/aromatic N) is 1. The summed E-state index contributed by atoms with van der Waals surface area (Å²) in [5.41, 5.74) is 5.42. The molecule has 1 saturated carbocycles. The molecule has 118 valence electrons. The molecule has 1 saturated heterocycles. The van der Waals surface area contributed by atoms with E-state index >= 15 is 0 Å². The minimum absolute atomic E-state index is 0. The SMILES string of the molecule is CCOC1CC(N)(C(=O)N2CCC(C)CC2)C1(C)C.Cl. The molecule has 0 radical (unpaired) electrons. The van der Waals surface area contributed by atoms with Gasteiger partial charge in [-0.2, -0.15) is 0 Å². The lowest BCUT2D eigenvalue weighted by molar-refractivity contribution is -0.180. The van der Waals surface area contributed by atoms with Crippen molar-refractivity contribution in [3.8, 4) is 0 Å². The molecular weight excluding hydrogens is 276 g/mol. The fourth-order valence-electron chi connectivity index (χ4n) is 3.29. The number of rotatable bonds is 3. The smallest absolute Gasteiger partial charge is 0.243 e. The second-order valence-electron chi connectivity index (χ2n) is 6.82. The highest BCUT2D eigenvalue weighted by Crippen LogP contribution is 2.50. The minimum Gasteiger partial charge on any atom is -0.378 e. The van der Waals surface area contributed by atoms with Crippen molar-refractivity contribution in [3.05, 3.63) is 0 Å². The van der Waals surface area contributed by atoms with E-state index in [2.05, 4.69) is 20.8 Å². The van der Waals surface area contributed by atoms with Gasteiger partial charge in [0.15, 0.2) is 0 Å². The molecule has 1 aliphatic carbocycles. The summed E-state index contributed by atoms with van der Waals surface area (Å²) in [5.74, 6) is 0.851. The number of carbonyl (C=O) groups excluding carboxylic acids is 1. The van der Waals surface area contributed by atoms with Crippen LogP contribution in [0.5, 0.6) is 0 Å². The van der Waals surface area contributed by atoms with Gasteiger partial charge in [-0.05, 0) is 25.7 Å². The van der Waals surface area contributed by atoms with Crippen molar-refractivity contribution in [2.45, 2.75) is 58.6 Å². The lowest BCUT2D eigenvalue weighted by atomic mass is 9.54. The number of carbonyl (C=O) groups is 1. The molecule has 2 N–H and O–H groups in total. The van der Waals surface area contributed by atoms with Crippen LogP contribution in [0.2, 0.25) is 0 Å². The number of hydrogen-bond acceptors (Lipinski definition) is 3. The van der Waals surface area contributed by atoms with Gasteiger partial charge in [0.1, 0.15) is 5.54 Å². The van der Waals surface area contributed by atoms with E-state index in [-0.39, 0.29) is 29.8 Å². The molecule has 5 heteroatoms. The van der Waals surface area contributed by atoms with E-state index in [0.717, 1.165) is 31.8 Å². The zero-order valence-electron chi connectivity index (χ0n) is 13.1. The third-order valence-corrected chi connectivity index (χ3v) is 5.28. The van der Waals surface area contributed by atoms with Gasteiger partial charge in [0.05, 0.1) is 6.10 Å². The number of likely N-dealkylation sites (tertiary alicyclic amines) is 1. The van der Waals surface area contributed by atoms with Crippen LogP contribution >= 0.6 is 12.4 Å². The molecule has 2 rings (SSSR count). The van der Waals surface area contributed by atoms with E-state index in [4.69, 9.17) is 10.5 Å². The van der Waals surface area contributed by atoms with Crippen molar-refractivity contribution < 1.29 is 9.53 Å². The second kappa shape index (κ2) is 6.20. The fourth-order valence-corrected chi connectivity index (χ4v) is 3.29. The third-order valence-electron chi connectivity index (χ3n) is 5.28. The quantitative estimate of drug-likeness (QED) is 0.869. The lowest BCUT2D eigenvalue weighted by Gasteiger charge is -2.59. The first-order chi connectivity index (χ1) is 8.83. The summed E-state index contributed by atoms with van der Waals surface area (Å²) in [4.78, 5) is 14.7. The van der Waals surface area contributed by atoms with Crippen molar-refractivity contribution in [1.82, 2.24) is 4.90 Å². The summed E-state index contributed by atoms with van der Waals surface area (Å²) >= 11 is 0. The monoisotopic (exact) mass is 304 g/mol. The van der Waals surface area contributed by atoms with Crippen LogP contribution in [0.4, 0.5) is 0 Å². The van der Waals surface area contributed by atoms with E-state index in [1.807, 2.05) is 11.8 Å². The molecule has 2 unspecified atom stereocenters. The van der Waals surface area contributed by atoms with E-state index in [0.29, 0.717) is 13.0 Å². The first-order valence-electron chi connectivity index (χ1n) is 7.52. The third kappa shape index (κ3) is 2.70. The van der Waals surface area contributed by atoms with Gasteiger partial charge in [-0.15, -0.1) is 12.4 Å². The Morgan fingerprint density at radius 3 is 2.35 bits per heavy atom. The van der Waals surface area contributed by atoms with Crippen molar-refractivity contribution in [2.75, 3.05) is 19.7 Å². The molecule has 2 fully saturated rings. The van der Waals surface area contributed by atoms with Crippen LogP contribution in [0, 0.1) is 11.3 Å². The van der Waals surface area contributed by atoms with Crippen LogP contribution in [-0.4, -0.2) is 42.1 Å². The van der Waals surface area contributed by atoms with Gasteiger partial charge in [-0.1, -0.05) is 20.8 Å². The Morgan fingerprint density at radius 1 is 1.35 bits per heavy atom. The van der Waals surface area contributed by atoms with E-state index in [9.17, 15) is 4.79 Å².